The second kappa shape index (κ2) is 5.25. The average molecular weight is 282 g/mol. The topological polar surface area (TPSA) is 68.0 Å². The number of amides is 1. The molecule has 18 heavy (non-hydrogen) atoms. The Labute approximate surface area is 114 Å². The van der Waals surface area contributed by atoms with Gasteiger partial charge in [0.25, 0.3) is 5.91 Å². The van der Waals surface area contributed by atoms with Gasteiger partial charge in [0.1, 0.15) is 11.6 Å². The van der Waals surface area contributed by atoms with Crippen LogP contribution in [0.4, 0.5) is 11.6 Å². The fourth-order valence-electron chi connectivity index (χ4n) is 1.38. The van der Waals surface area contributed by atoms with Gasteiger partial charge in [-0.15, -0.1) is 0 Å². The Hall–Kier alpha value is -1.78. The summed E-state index contributed by atoms with van der Waals surface area (Å²) in [5.41, 5.74) is 5.84. The number of nitrogens with zero attached hydrogens (tertiary/aromatic N) is 1. The van der Waals surface area contributed by atoms with Crippen molar-refractivity contribution in [2.75, 3.05) is 11.1 Å². The zero-order valence-electron chi connectivity index (χ0n) is 9.15. The number of anilines is 2. The van der Waals surface area contributed by atoms with E-state index in [1.165, 1.54) is 6.07 Å². The molecule has 0 saturated carbocycles. The molecule has 3 N–H and O–H groups in total. The molecule has 92 valence electrons. The standard InChI is InChI=1S/C12H9Cl2N3O/c13-7-4-5-8(9(14)6-7)12(18)17-11-3-1-2-10(15)16-11/h1-6H,(H3,15,16,17,18). The molecule has 2 aromatic rings. The van der Waals surface area contributed by atoms with Gasteiger partial charge in [-0.25, -0.2) is 4.98 Å². The van der Waals surface area contributed by atoms with Gasteiger partial charge in [-0.2, -0.15) is 0 Å². The van der Waals surface area contributed by atoms with E-state index in [1.807, 2.05) is 0 Å². The van der Waals surface area contributed by atoms with Gasteiger partial charge in [-0.05, 0) is 30.3 Å². The number of halogens is 2. The van der Waals surface area contributed by atoms with E-state index >= 15 is 0 Å². The number of aromatic nitrogens is 1. The van der Waals surface area contributed by atoms with Crippen molar-refractivity contribution in [2.24, 2.45) is 0 Å². The normalized spacial score (nSPS) is 10.1. The first-order chi connectivity index (χ1) is 8.56. The number of nitrogens with one attached hydrogen (secondary N) is 1. The molecule has 0 spiro atoms. The SMILES string of the molecule is Nc1cccc(NC(=O)c2ccc(Cl)cc2Cl)n1. The van der Waals surface area contributed by atoms with E-state index in [4.69, 9.17) is 28.9 Å². The molecule has 0 atom stereocenters. The van der Waals surface area contributed by atoms with E-state index < -0.39 is 0 Å². The number of pyridine rings is 1. The van der Waals surface area contributed by atoms with Gasteiger partial charge >= 0.3 is 0 Å². The van der Waals surface area contributed by atoms with Gasteiger partial charge in [0.15, 0.2) is 0 Å². The largest absolute Gasteiger partial charge is 0.384 e. The Bertz CT molecular complexity index is 602. The van der Waals surface area contributed by atoms with Crippen LogP contribution < -0.4 is 11.1 Å². The van der Waals surface area contributed by atoms with Crippen LogP contribution in [-0.4, -0.2) is 10.9 Å². The Morgan fingerprint density at radius 3 is 2.67 bits per heavy atom. The predicted octanol–water partition coefficient (Wildman–Crippen LogP) is 3.22. The van der Waals surface area contributed by atoms with Crippen molar-refractivity contribution in [3.63, 3.8) is 0 Å². The summed E-state index contributed by atoms with van der Waals surface area (Å²) in [6.45, 7) is 0. The van der Waals surface area contributed by atoms with Crippen LogP contribution in [0.3, 0.4) is 0 Å². The Morgan fingerprint density at radius 1 is 1.22 bits per heavy atom. The first kappa shape index (κ1) is 12.7. The first-order valence-corrected chi connectivity index (χ1v) is 5.81. The summed E-state index contributed by atoms with van der Waals surface area (Å²) in [5, 5.41) is 3.35. The summed E-state index contributed by atoms with van der Waals surface area (Å²) in [6.07, 6.45) is 0. The number of benzene rings is 1. The van der Waals surface area contributed by atoms with Gasteiger partial charge in [0.05, 0.1) is 10.6 Å². The summed E-state index contributed by atoms with van der Waals surface area (Å²) in [7, 11) is 0. The molecular formula is C12H9Cl2N3O. The van der Waals surface area contributed by atoms with E-state index in [2.05, 4.69) is 10.3 Å². The van der Waals surface area contributed by atoms with Crippen molar-refractivity contribution in [1.82, 2.24) is 4.98 Å². The number of carbonyl (C=O) groups is 1. The fourth-order valence-corrected chi connectivity index (χ4v) is 1.87. The van der Waals surface area contributed by atoms with Crippen molar-refractivity contribution in [3.05, 3.63) is 52.0 Å². The number of nitrogens with two attached hydrogens (primary N) is 1. The first-order valence-electron chi connectivity index (χ1n) is 5.05. The summed E-state index contributed by atoms with van der Waals surface area (Å²) < 4.78 is 0. The lowest BCUT2D eigenvalue weighted by molar-refractivity contribution is 0.102. The highest BCUT2D eigenvalue weighted by atomic mass is 35.5. The van der Waals surface area contributed by atoms with Crippen LogP contribution in [0.5, 0.6) is 0 Å². The van der Waals surface area contributed by atoms with Gasteiger partial charge < -0.3 is 11.1 Å². The van der Waals surface area contributed by atoms with Gasteiger partial charge in [-0.1, -0.05) is 29.3 Å². The molecule has 1 heterocycles. The molecule has 1 aromatic carbocycles. The Kier molecular flexibility index (Phi) is 3.69. The third-order valence-corrected chi connectivity index (χ3v) is 2.74. The van der Waals surface area contributed by atoms with E-state index in [0.717, 1.165) is 0 Å². The Morgan fingerprint density at radius 2 is 2.00 bits per heavy atom. The van der Waals surface area contributed by atoms with E-state index in [9.17, 15) is 4.79 Å². The molecular weight excluding hydrogens is 273 g/mol. The minimum atomic E-state index is -0.366. The van der Waals surface area contributed by atoms with Gasteiger partial charge in [0.2, 0.25) is 0 Å². The third-order valence-electron chi connectivity index (χ3n) is 2.19. The quantitative estimate of drug-likeness (QED) is 0.888. The van der Waals surface area contributed by atoms with Crippen LogP contribution >= 0.6 is 23.2 Å². The van der Waals surface area contributed by atoms with Gasteiger partial charge in [-0.3, -0.25) is 4.79 Å². The third kappa shape index (κ3) is 2.91. The number of nitrogen functional groups attached to an aromatic ring is 1. The molecule has 1 amide bonds. The molecule has 0 radical (unpaired) electrons. The van der Waals surface area contributed by atoms with Crippen LogP contribution in [0, 0.1) is 0 Å². The molecule has 0 saturated heterocycles. The second-order valence-electron chi connectivity index (χ2n) is 3.53. The summed E-state index contributed by atoms with van der Waals surface area (Å²) in [4.78, 5) is 15.9. The summed E-state index contributed by atoms with van der Waals surface area (Å²) in [5.74, 6) is 0.329. The van der Waals surface area contributed by atoms with Crippen LogP contribution in [-0.2, 0) is 0 Å². The lowest BCUT2D eigenvalue weighted by Gasteiger charge is -2.06. The predicted molar refractivity (Wildman–Crippen MR) is 73.1 cm³/mol. The maximum atomic E-state index is 11.9. The monoisotopic (exact) mass is 281 g/mol. The fraction of sp³-hybridized carbons (Fsp3) is 0. The van der Waals surface area contributed by atoms with Crippen LogP contribution in [0.25, 0.3) is 0 Å². The van der Waals surface area contributed by atoms with E-state index in [0.29, 0.717) is 22.2 Å². The smallest absolute Gasteiger partial charge is 0.258 e. The number of carbonyl (C=O) groups excluding carboxylic acids is 1. The Balaban J connectivity index is 2.22. The molecule has 0 aliphatic heterocycles. The minimum absolute atomic E-state index is 0.281. The molecule has 0 aliphatic rings. The van der Waals surface area contributed by atoms with Crippen LogP contribution in [0.15, 0.2) is 36.4 Å². The van der Waals surface area contributed by atoms with Crippen molar-refractivity contribution >= 4 is 40.7 Å². The molecule has 1 aromatic heterocycles. The number of rotatable bonds is 2. The maximum absolute atomic E-state index is 11.9. The summed E-state index contributed by atoms with van der Waals surface area (Å²) >= 11 is 11.7. The zero-order valence-corrected chi connectivity index (χ0v) is 10.7. The van der Waals surface area contributed by atoms with E-state index in [-0.39, 0.29) is 10.9 Å². The maximum Gasteiger partial charge on any atom is 0.258 e. The van der Waals surface area contributed by atoms with Crippen molar-refractivity contribution < 1.29 is 4.79 Å². The van der Waals surface area contributed by atoms with Crippen LogP contribution in [0.1, 0.15) is 10.4 Å². The van der Waals surface area contributed by atoms with Crippen molar-refractivity contribution in [1.29, 1.82) is 0 Å². The molecule has 4 nitrogen and oxygen atoms in total. The van der Waals surface area contributed by atoms with E-state index in [1.54, 1.807) is 30.3 Å². The second-order valence-corrected chi connectivity index (χ2v) is 4.37. The highest BCUT2D eigenvalue weighted by molar-refractivity contribution is 6.37. The summed E-state index contributed by atoms with van der Waals surface area (Å²) in [6, 6.07) is 9.61. The average Bonchev–Trinajstić information content (AvgIpc) is 2.28. The molecule has 0 aliphatic carbocycles. The molecule has 0 unspecified atom stereocenters. The number of hydrogen-bond donors (Lipinski definition) is 2. The lowest BCUT2D eigenvalue weighted by Crippen LogP contribution is -2.13. The highest BCUT2D eigenvalue weighted by Crippen LogP contribution is 2.21. The molecule has 6 heteroatoms. The lowest BCUT2D eigenvalue weighted by atomic mass is 10.2. The van der Waals surface area contributed by atoms with Crippen LogP contribution in [0.2, 0.25) is 10.0 Å². The van der Waals surface area contributed by atoms with Crippen molar-refractivity contribution in [3.8, 4) is 0 Å². The number of hydrogen-bond acceptors (Lipinski definition) is 3. The minimum Gasteiger partial charge on any atom is -0.384 e. The van der Waals surface area contributed by atoms with Gasteiger partial charge in [0, 0.05) is 5.02 Å². The van der Waals surface area contributed by atoms with Crippen molar-refractivity contribution in [2.45, 2.75) is 0 Å². The highest BCUT2D eigenvalue weighted by Gasteiger charge is 2.11. The molecule has 0 bridgehead atoms. The molecule has 0 fully saturated rings. The zero-order chi connectivity index (χ0) is 13.1. The molecule has 2 rings (SSSR count).